The number of carbonyl (C=O) groups excluding carboxylic acids is 1. The highest BCUT2D eigenvalue weighted by Gasteiger charge is 2.20. The number of hydrogen-bond acceptors (Lipinski definition) is 3. The normalized spacial score (nSPS) is 14.3. The Kier molecular flexibility index (Phi) is 3.85. The van der Waals surface area contributed by atoms with Crippen molar-refractivity contribution in [3.63, 3.8) is 0 Å². The molecular weight excluding hydrogens is 214 g/mol. The monoisotopic (exact) mass is 227 g/mol. The number of aliphatic carboxylic acids is 1. The summed E-state index contributed by atoms with van der Waals surface area (Å²) >= 11 is 1.51. The first-order chi connectivity index (χ1) is 7.02. The Labute approximate surface area is 91.9 Å². The van der Waals surface area contributed by atoms with Gasteiger partial charge in [-0.25, -0.2) is 0 Å². The molecule has 1 aromatic heterocycles. The molecule has 0 aliphatic heterocycles. The van der Waals surface area contributed by atoms with Gasteiger partial charge in [-0.3, -0.25) is 9.59 Å². The molecule has 1 aromatic rings. The van der Waals surface area contributed by atoms with E-state index >= 15 is 0 Å². The van der Waals surface area contributed by atoms with E-state index in [0.29, 0.717) is 0 Å². The van der Waals surface area contributed by atoms with Crippen molar-refractivity contribution in [1.82, 2.24) is 5.32 Å². The molecule has 2 N–H and O–H groups in total. The van der Waals surface area contributed by atoms with E-state index in [1.165, 1.54) is 18.3 Å². The Morgan fingerprint density at radius 3 is 2.60 bits per heavy atom. The SMILES string of the molecule is CC(C(=O)N[C@H](C)C(=O)O)c1ccsc1. The molecule has 0 fully saturated rings. The van der Waals surface area contributed by atoms with E-state index in [0.717, 1.165) is 5.56 Å². The summed E-state index contributed by atoms with van der Waals surface area (Å²) < 4.78 is 0. The molecule has 5 heteroatoms. The molecule has 0 saturated carbocycles. The summed E-state index contributed by atoms with van der Waals surface area (Å²) in [6.07, 6.45) is 0. The van der Waals surface area contributed by atoms with Crippen molar-refractivity contribution in [2.24, 2.45) is 0 Å². The third kappa shape index (κ3) is 3.06. The predicted molar refractivity (Wildman–Crippen MR) is 58.0 cm³/mol. The van der Waals surface area contributed by atoms with Gasteiger partial charge in [0.15, 0.2) is 0 Å². The molecule has 0 radical (unpaired) electrons. The highest BCUT2D eigenvalue weighted by molar-refractivity contribution is 7.08. The lowest BCUT2D eigenvalue weighted by Crippen LogP contribution is -2.40. The lowest BCUT2D eigenvalue weighted by molar-refractivity contribution is -0.141. The Morgan fingerprint density at radius 1 is 1.47 bits per heavy atom. The third-order valence-corrected chi connectivity index (χ3v) is 2.87. The summed E-state index contributed by atoms with van der Waals surface area (Å²) in [6.45, 7) is 3.20. The van der Waals surface area contributed by atoms with Gasteiger partial charge < -0.3 is 10.4 Å². The van der Waals surface area contributed by atoms with E-state index in [1.807, 2.05) is 16.8 Å². The lowest BCUT2D eigenvalue weighted by Gasteiger charge is -2.13. The lowest BCUT2D eigenvalue weighted by atomic mass is 10.0. The van der Waals surface area contributed by atoms with Crippen LogP contribution in [0, 0.1) is 0 Å². The number of carboxylic acids is 1. The minimum Gasteiger partial charge on any atom is -0.480 e. The van der Waals surface area contributed by atoms with Crippen LogP contribution in [0.4, 0.5) is 0 Å². The topological polar surface area (TPSA) is 66.4 Å². The van der Waals surface area contributed by atoms with E-state index in [-0.39, 0.29) is 11.8 Å². The molecule has 0 aliphatic carbocycles. The molecule has 1 amide bonds. The maximum atomic E-state index is 11.6. The largest absolute Gasteiger partial charge is 0.480 e. The van der Waals surface area contributed by atoms with Gasteiger partial charge in [0.1, 0.15) is 6.04 Å². The van der Waals surface area contributed by atoms with Gasteiger partial charge in [0.05, 0.1) is 5.92 Å². The second-order valence-corrected chi connectivity index (χ2v) is 4.13. The molecule has 1 unspecified atom stereocenters. The zero-order chi connectivity index (χ0) is 11.4. The molecule has 0 aliphatic rings. The number of carboxylic acid groups (broad SMARTS) is 1. The maximum absolute atomic E-state index is 11.6. The Bertz CT molecular complexity index is 348. The van der Waals surface area contributed by atoms with Crippen LogP contribution in [0.2, 0.25) is 0 Å². The zero-order valence-corrected chi connectivity index (χ0v) is 9.38. The van der Waals surface area contributed by atoms with Crippen molar-refractivity contribution < 1.29 is 14.7 Å². The highest BCUT2D eigenvalue weighted by atomic mass is 32.1. The van der Waals surface area contributed by atoms with Gasteiger partial charge in [-0.15, -0.1) is 0 Å². The fourth-order valence-electron chi connectivity index (χ4n) is 1.07. The van der Waals surface area contributed by atoms with Crippen LogP contribution < -0.4 is 5.32 Å². The fraction of sp³-hybridized carbons (Fsp3) is 0.400. The van der Waals surface area contributed by atoms with E-state index in [9.17, 15) is 9.59 Å². The molecule has 82 valence electrons. The molecule has 1 rings (SSSR count). The van der Waals surface area contributed by atoms with Gasteiger partial charge in [-0.05, 0) is 36.2 Å². The van der Waals surface area contributed by atoms with Gasteiger partial charge in [-0.1, -0.05) is 0 Å². The fourth-order valence-corrected chi connectivity index (χ4v) is 1.83. The number of amides is 1. The van der Waals surface area contributed by atoms with Crippen molar-refractivity contribution in [3.8, 4) is 0 Å². The van der Waals surface area contributed by atoms with Crippen LogP contribution >= 0.6 is 11.3 Å². The van der Waals surface area contributed by atoms with Crippen molar-refractivity contribution in [3.05, 3.63) is 22.4 Å². The number of nitrogens with one attached hydrogen (secondary N) is 1. The van der Waals surface area contributed by atoms with Crippen LogP contribution in [0.15, 0.2) is 16.8 Å². The number of hydrogen-bond donors (Lipinski definition) is 2. The zero-order valence-electron chi connectivity index (χ0n) is 8.56. The van der Waals surface area contributed by atoms with Crippen LogP contribution in [0.3, 0.4) is 0 Å². The first-order valence-electron chi connectivity index (χ1n) is 4.57. The molecule has 2 atom stereocenters. The quantitative estimate of drug-likeness (QED) is 0.818. The van der Waals surface area contributed by atoms with Gasteiger partial charge in [0, 0.05) is 0 Å². The maximum Gasteiger partial charge on any atom is 0.325 e. The van der Waals surface area contributed by atoms with E-state index in [2.05, 4.69) is 5.32 Å². The molecular formula is C10H13NO3S. The second-order valence-electron chi connectivity index (χ2n) is 3.35. The average molecular weight is 227 g/mol. The molecule has 0 bridgehead atoms. The molecule has 4 nitrogen and oxygen atoms in total. The summed E-state index contributed by atoms with van der Waals surface area (Å²) in [5, 5.41) is 14.8. The van der Waals surface area contributed by atoms with E-state index < -0.39 is 12.0 Å². The summed E-state index contributed by atoms with van der Waals surface area (Å²) in [7, 11) is 0. The van der Waals surface area contributed by atoms with Crippen molar-refractivity contribution in [1.29, 1.82) is 0 Å². The van der Waals surface area contributed by atoms with E-state index in [1.54, 1.807) is 6.92 Å². The van der Waals surface area contributed by atoms with Crippen LogP contribution in [-0.2, 0) is 9.59 Å². The smallest absolute Gasteiger partial charge is 0.325 e. The molecule has 0 spiro atoms. The highest BCUT2D eigenvalue weighted by Crippen LogP contribution is 2.18. The Balaban J connectivity index is 2.58. The first-order valence-corrected chi connectivity index (χ1v) is 5.52. The van der Waals surface area contributed by atoms with Gasteiger partial charge in [-0.2, -0.15) is 11.3 Å². The van der Waals surface area contributed by atoms with Gasteiger partial charge in [0.25, 0.3) is 0 Å². The van der Waals surface area contributed by atoms with Crippen LogP contribution in [0.5, 0.6) is 0 Å². The van der Waals surface area contributed by atoms with Gasteiger partial charge in [0.2, 0.25) is 5.91 Å². The summed E-state index contributed by atoms with van der Waals surface area (Å²) in [6, 6.07) is 1.01. The summed E-state index contributed by atoms with van der Waals surface area (Å²) in [5.74, 6) is -1.60. The molecule has 0 saturated heterocycles. The van der Waals surface area contributed by atoms with Gasteiger partial charge >= 0.3 is 5.97 Å². The minimum absolute atomic E-state index is 0.261. The molecule has 1 heterocycles. The van der Waals surface area contributed by atoms with Crippen molar-refractivity contribution in [2.45, 2.75) is 25.8 Å². The number of rotatable bonds is 4. The minimum atomic E-state index is -1.03. The predicted octanol–water partition coefficient (Wildman–Crippen LogP) is 1.44. The Morgan fingerprint density at radius 2 is 2.13 bits per heavy atom. The molecule has 15 heavy (non-hydrogen) atoms. The Hall–Kier alpha value is -1.36. The van der Waals surface area contributed by atoms with E-state index in [4.69, 9.17) is 5.11 Å². The standard InChI is InChI=1S/C10H13NO3S/c1-6(8-3-4-15-5-8)9(12)11-7(2)10(13)14/h3-7H,1-2H3,(H,11,12)(H,13,14)/t6?,7-/m1/s1. The third-order valence-electron chi connectivity index (χ3n) is 2.17. The number of carbonyl (C=O) groups is 2. The van der Waals surface area contributed by atoms with Crippen molar-refractivity contribution in [2.75, 3.05) is 0 Å². The van der Waals surface area contributed by atoms with Crippen LogP contribution in [-0.4, -0.2) is 23.0 Å². The molecule has 0 aromatic carbocycles. The first kappa shape index (κ1) is 11.7. The van der Waals surface area contributed by atoms with Crippen LogP contribution in [0.1, 0.15) is 25.3 Å². The summed E-state index contributed by atoms with van der Waals surface area (Å²) in [5.41, 5.74) is 0.912. The van der Waals surface area contributed by atoms with Crippen molar-refractivity contribution >= 4 is 23.2 Å². The van der Waals surface area contributed by atoms with Crippen LogP contribution in [0.25, 0.3) is 0 Å². The second kappa shape index (κ2) is 4.93. The summed E-state index contributed by atoms with van der Waals surface area (Å²) in [4.78, 5) is 22.1. The number of thiophene rings is 1. The average Bonchev–Trinajstić information content (AvgIpc) is 2.68.